The van der Waals surface area contributed by atoms with Crippen molar-refractivity contribution in [1.82, 2.24) is 5.32 Å². The molecule has 0 saturated carbocycles. The summed E-state index contributed by atoms with van der Waals surface area (Å²) >= 11 is 1.19. The van der Waals surface area contributed by atoms with Crippen molar-refractivity contribution in [2.45, 2.75) is 20.1 Å². The Bertz CT molecular complexity index is 777. The van der Waals surface area contributed by atoms with Crippen LogP contribution in [0.2, 0.25) is 0 Å². The molecule has 2 aromatic rings. The highest BCUT2D eigenvalue weighted by Crippen LogP contribution is 2.26. The maximum Gasteiger partial charge on any atom is 0.302 e. The molecular weight excluding hydrogens is 314 g/mol. The Labute approximate surface area is 137 Å². The molecule has 1 aromatic heterocycles. The summed E-state index contributed by atoms with van der Waals surface area (Å²) in [5.74, 6) is -0.732. The molecule has 7 heteroatoms. The molecule has 0 saturated heterocycles. The van der Waals surface area contributed by atoms with Crippen molar-refractivity contribution in [3.05, 3.63) is 51.2 Å². The van der Waals surface area contributed by atoms with E-state index >= 15 is 0 Å². The zero-order chi connectivity index (χ0) is 16.8. The van der Waals surface area contributed by atoms with Gasteiger partial charge in [-0.25, -0.2) is 0 Å². The molecule has 1 heterocycles. The van der Waals surface area contributed by atoms with E-state index in [0.29, 0.717) is 21.7 Å². The number of esters is 1. The van der Waals surface area contributed by atoms with Gasteiger partial charge in [0, 0.05) is 24.4 Å². The first-order valence-electron chi connectivity index (χ1n) is 6.78. The normalized spacial score (nSPS) is 9.91. The smallest absolute Gasteiger partial charge is 0.302 e. The van der Waals surface area contributed by atoms with Crippen LogP contribution in [0.4, 0.5) is 5.69 Å². The van der Waals surface area contributed by atoms with Gasteiger partial charge in [-0.2, -0.15) is 5.26 Å². The van der Waals surface area contributed by atoms with Crippen LogP contribution < -0.4 is 11.1 Å². The number of anilines is 1. The van der Waals surface area contributed by atoms with Gasteiger partial charge in [-0.15, -0.1) is 11.3 Å². The van der Waals surface area contributed by atoms with E-state index < -0.39 is 5.97 Å². The quantitative estimate of drug-likeness (QED) is 0.818. The Hall–Kier alpha value is -2.85. The summed E-state index contributed by atoms with van der Waals surface area (Å²) in [6.45, 7) is 1.59. The second kappa shape index (κ2) is 7.42. The van der Waals surface area contributed by atoms with E-state index in [0.717, 1.165) is 5.56 Å². The lowest BCUT2D eigenvalue weighted by atomic mass is 10.1. The first-order chi connectivity index (χ1) is 11.0. The van der Waals surface area contributed by atoms with Crippen molar-refractivity contribution in [2.24, 2.45) is 0 Å². The molecule has 0 aliphatic carbocycles. The van der Waals surface area contributed by atoms with Gasteiger partial charge in [0.2, 0.25) is 0 Å². The first-order valence-corrected chi connectivity index (χ1v) is 7.66. The summed E-state index contributed by atoms with van der Waals surface area (Å²) < 4.78 is 4.88. The maximum absolute atomic E-state index is 12.2. The summed E-state index contributed by atoms with van der Waals surface area (Å²) in [5, 5.41) is 13.5. The molecule has 1 amide bonds. The topological polar surface area (TPSA) is 105 Å². The minimum absolute atomic E-state index is 0.0439. The second-order valence-corrected chi connectivity index (χ2v) is 5.62. The van der Waals surface area contributed by atoms with Gasteiger partial charge in [0.05, 0.1) is 17.3 Å². The number of nitrogens with zero attached hydrogens (tertiary/aromatic N) is 1. The predicted octanol–water partition coefficient (Wildman–Crippen LogP) is 2.20. The molecule has 0 aliphatic rings. The molecule has 6 nitrogen and oxygen atoms in total. The molecule has 118 valence electrons. The summed E-state index contributed by atoms with van der Waals surface area (Å²) in [6, 6.07) is 9.12. The number of nitrogens with one attached hydrogen (secondary N) is 1. The van der Waals surface area contributed by atoms with Crippen molar-refractivity contribution in [1.29, 1.82) is 5.26 Å². The lowest BCUT2D eigenvalue weighted by molar-refractivity contribution is -0.142. The highest BCUT2D eigenvalue weighted by Gasteiger charge is 2.16. The van der Waals surface area contributed by atoms with Crippen molar-refractivity contribution < 1.29 is 14.3 Å². The number of nitriles is 1. The predicted molar refractivity (Wildman–Crippen MR) is 86.5 cm³/mol. The number of amides is 1. The lowest BCUT2D eigenvalue weighted by Crippen LogP contribution is -2.23. The Kier molecular flexibility index (Phi) is 5.33. The van der Waals surface area contributed by atoms with Gasteiger partial charge in [-0.3, -0.25) is 9.59 Å². The lowest BCUT2D eigenvalue weighted by Gasteiger charge is -2.07. The van der Waals surface area contributed by atoms with Crippen molar-refractivity contribution in [3.8, 4) is 6.07 Å². The largest absolute Gasteiger partial charge is 0.461 e. The molecule has 2 rings (SSSR count). The number of rotatable bonds is 5. The standard InChI is InChI=1S/C16H15N3O3S/c1-10(20)22-8-13-9-23-15(14(13)18)16(21)19-7-12-5-3-2-4-11(12)6-17/h2-5,9H,7-8,18H2,1H3,(H,19,21). The fraction of sp³-hybridized carbons (Fsp3) is 0.188. The molecule has 3 N–H and O–H groups in total. The number of benzene rings is 1. The minimum Gasteiger partial charge on any atom is -0.461 e. The molecular formula is C16H15N3O3S. The average Bonchev–Trinajstić information content (AvgIpc) is 2.91. The number of nitrogens with two attached hydrogens (primary N) is 1. The molecule has 23 heavy (non-hydrogen) atoms. The van der Waals surface area contributed by atoms with Crippen LogP contribution in [0, 0.1) is 11.3 Å². The van der Waals surface area contributed by atoms with Gasteiger partial charge in [-0.05, 0) is 11.6 Å². The summed E-state index contributed by atoms with van der Waals surface area (Å²) in [5.41, 5.74) is 8.08. The van der Waals surface area contributed by atoms with Crippen LogP contribution in [-0.4, -0.2) is 11.9 Å². The number of hydrogen-bond acceptors (Lipinski definition) is 6. The zero-order valence-corrected chi connectivity index (χ0v) is 13.3. The average molecular weight is 329 g/mol. The van der Waals surface area contributed by atoms with E-state index in [4.69, 9.17) is 15.7 Å². The van der Waals surface area contributed by atoms with Crippen LogP contribution in [0.25, 0.3) is 0 Å². The molecule has 0 aliphatic heterocycles. The van der Waals surface area contributed by atoms with Gasteiger partial charge in [-0.1, -0.05) is 18.2 Å². The highest BCUT2D eigenvalue weighted by molar-refractivity contribution is 7.12. The first kappa shape index (κ1) is 16.5. The SMILES string of the molecule is CC(=O)OCc1csc(C(=O)NCc2ccccc2C#N)c1N. The number of nitrogen functional groups attached to an aromatic ring is 1. The summed E-state index contributed by atoms with van der Waals surface area (Å²) in [6.07, 6.45) is 0. The molecule has 0 spiro atoms. The number of ether oxygens (including phenoxy) is 1. The molecule has 0 bridgehead atoms. The summed E-state index contributed by atoms with van der Waals surface area (Å²) in [7, 11) is 0. The Morgan fingerprint density at radius 2 is 2.09 bits per heavy atom. The summed E-state index contributed by atoms with van der Waals surface area (Å²) in [4.78, 5) is 23.4. The molecule has 0 fully saturated rings. The number of thiophene rings is 1. The highest BCUT2D eigenvalue weighted by atomic mass is 32.1. The van der Waals surface area contributed by atoms with E-state index in [2.05, 4.69) is 11.4 Å². The van der Waals surface area contributed by atoms with Gasteiger partial charge in [0.15, 0.2) is 0 Å². The fourth-order valence-corrected chi connectivity index (χ4v) is 2.80. The van der Waals surface area contributed by atoms with E-state index in [-0.39, 0.29) is 19.1 Å². The van der Waals surface area contributed by atoms with E-state index in [1.165, 1.54) is 18.3 Å². The van der Waals surface area contributed by atoms with E-state index in [1.807, 2.05) is 0 Å². The third-order valence-corrected chi connectivity index (χ3v) is 4.17. The van der Waals surface area contributed by atoms with Crippen molar-refractivity contribution in [2.75, 3.05) is 5.73 Å². The number of carbonyl (C=O) groups is 2. The van der Waals surface area contributed by atoms with Crippen LogP contribution in [0.3, 0.4) is 0 Å². The Morgan fingerprint density at radius 3 is 2.78 bits per heavy atom. The zero-order valence-electron chi connectivity index (χ0n) is 12.5. The third kappa shape index (κ3) is 4.08. The molecule has 0 unspecified atom stereocenters. The van der Waals surface area contributed by atoms with Gasteiger partial charge < -0.3 is 15.8 Å². The Balaban J connectivity index is 2.04. The van der Waals surface area contributed by atoms with Crippen molar-refractivity contribution in [3.63, 3.8) is 0 Å². The minimum atomic E-state index is -0.408. The van der Waals surface area contributed by atoms with Crippen molar-refractivity contribution >= 4 is 28.9 Å². The van der Waals surface area contributed by atoms with Crippen LogP contribution in [0.15, 0.2) is 29.6 Å². The number of hydrogen-bond donors (Lipinski definition) is 2. The van der Waals surface area contributed by atoms with Crippen LogP contribution in [0.1, 0.15) is 33.3 Å². The third-order valence-electron chi connectivity index (χ3n) is 3.12. The van der Waals surface area contributed by atoms with Crippen LogP contribution >= 0.6 is 11.3 Å². The number of carbonyl (C=O) groups excluding carboxylic acids is 2. The Morgan fingerprint density at radius 1 is 1.35 bits per heavy atom. The second-order valence-electron chi connectivity index (χ2n) is 4.74. The molecule has 1 aromatic carbocycles. The molecule has 0 atom stereocenters. The van der Waals surface area contributed by atoms with Crippen LogP contribution in [0.5, 0.6) is 0 Å². The van der Waals surface area contributed by atoms with Gasteiger partial charge in [0.25, 0.3) is 5.91 Å². The maximum atomic E-state index is 12.2. The van der Waals surface area contributed by atoms with E-state index in [1.54, 1.807) is 29.6 Å². The van der Waals surface area contributed by atoms with E-state index in [9.17, 15) is 9.59 Å². The van der Waals surface area contributed by atoms with Gasteiger partial charge in [0.1, 0.15) is 11.5 Å². The fourth-order valence-electron chi connectivity index (χ4n) is 1.91. The van der Waals surface area contributed by atoms with Gasteiger partial charge >= 0.3 is 5.97 Å². The monoisotopic (exact) mass is 329 g/mol. The molecule has 0 radical (unpaired) electrons. The van der Waals surface area contributed by atoms with Crippen LogP contribution in [-0.2, 0) is 22.7 Å².